The molecule has 3 aromatic rings. The van der Waals surface area contributed by atoms with Gasteiger partial charge >= 0.3 is 6.18 Å². The number of thiazole rings is 1. The van der Waals surface area contributed by atoms with Crippen LogP contribution in [-0.4, -0.2) is 66.4 Å². The maximum absolute atomic E-state index is 13.8. The summed E-state index contributed by atoms with van der Waals surface area (Å²) >= 11 is 6.65. The van der Waals surface area contributed by atoms with Gasteiger partial charge in [0.1, 0.15) is 11.6 Å². The van der Waals surface area contributed by atoms with E-state index in [1.807, 2.05) is 19.9 Å². The van der Waals surface area contributed by atoms with E-state index in [1.54, 1.807) is 11.0 Å². The molecule has 0 bridgehead atoms. The van der Waals surface area contributed by atoms with E-state index in [9.17, 15) is 17.6 Å². The van der Waals surface area contributed by atoms with Gasteiger partial charge in [-0.2, -0.15) is 18.2 Å². The molecule has 7 nitrogen and oxygen atoms in total. The molecule has 0 aliphatic carbocycles. The largest absolute Gasteiger partial charge is 0.429 e. The number of hydrogen-bond acceptors (Lipinski definition) is 8. The lowest BCUT2D eigenvalue weighted by Gasteiger charge is -2.41. The van der Waals surface area contributed by atoms with Gasteiger partial charge in [0.15, 0.2) is 10.7 Å². The van der Waals surface area contributed by atoms with Crippen LogP contribution >= 0.6 is 22.9 Å². The molecule has 0 radical (unpaired) electrons. The highest BCUT2D eigenvalue weighted by atomic mass is 35.5. The molecule has 2 aliphatic rings. The van der Waals surface area contributed by atoms with Crippen LogP contribution in [0.4, 0.5) is 35.1 Å². The van der Waals surface area contributed by atoms with Gasteiger partial charge < -0.3 is 19.4 Å². The predicted octanol–water partition coefficient (Wildman–Crippen LogP) is 5.35. The first-order chi connectivity index (χ1) is 17.6. The summed E-state index contributed by atoms with van der Waals surface area (Å²) < 4.78 is 59.8. The topological polar surface area (TPSA) is 57.6 Å². The van der Waals surface area contributed by atoms with Crippen LogP contribution in [0, 0.1) is 5.82 Å². The van der Waals surface area contributed by atoms with E-state index in [0.717, 1.165) is 0 Å². The Hall–Kier alpha value is -2.70. The molecule has 2 fully saturated rings. The van der Waals surface area contributed by atoms with Crippen molar-refractivity contribution in [1.82, 2.24) is 15.0 Å². The van der Waals surface area contributed by atoms with Crippen LogP contribution in [-0.2, 0) is 10.9 Å². The average Bonchev–Trinajstić information content (AvgIpc) is 3.37. The maximum Gasteiger partial charge on any atom is 0.429 e. The summed E-state index contributed by atoms with van der Waals surface area (Å²) in [7, 11) is 0. The maximum atomic E-state index is 13.8. The third-order valence-corrected chi connectivity index (χ3v) is 7.72. The van der Waals surface area contributed by atoms with Crippen molar-refractivity contribution in [3.63, 3.8) is 0 Å². The lowest BCUT2D eigenvalue weighted by molar-refractivity contribution is -0.134. The molecular weight excluding hydrogens is 532 g/mol. The lowest BCUT2D eigenvalue weighted by atomic mass is 10.1. The molecule has 2 atom stereocenters. The second-order valence-electron chi connectivity index (χ2n) is 9.15. The molecule has 2 aliphatic heterocycles. The summed E-state index contributed by atoms with van der Waals surface area (Å²) in [6, 6.07) is 6.14. The minimum absolute atomic E-state index is 0.00957. The Morgan fingerprint density at radius 1 is 1.05 bits per heavy atom. The van der Waals surface area contributed by atoms with Crippen molar-refractivity contribution < 1.29 is 22.3 Å². The average molecular weight is 557 g/mol. The van der Waals surface area contributed by atoms with Crippen molar-refractivity contribution in [3.05, 3.63) is 45.5 Å². The molecule has 0 N–H and O–H groups in total. The molecule has 4 heterocycles. The van der Waals surface area contributed by atoms with Gasteiger partial charge in [0, 0.05) is 43.9 Å². The summed E-state index contributed by atoms with van der Waals surface area (Å²) in [5, 5.41) is -0.00957. The summed E-state index contributed by atoms with van der Waals surface area (Å²) in [6.07, 6.45) is -4.45. The number of ether oxygens (including phenoxy) is 1. The van der Waals surface area contributed by atoms with Gasteiger partial charge in [-0.25, -0.2) is 14.4 Å². The Kier molecular flexibility index (Phi) is 7.16. The zero-order chi connectivity index (χ0) is 26.3. The first-order valence-corrected chi connectivity index (χ1v) is 13.1. The van der Waals surface area contributed by atoms with Gasteiger partial charge in [-0.3, -0.25) is 0 Å². The zero-order valence-corrected chi connectivity index (χ0v) is 21.7. The van der Waals surface area contributed by atoms with Crippen molar-refractivity contribution in [3.8, 4) is 11.3 Å². The number of nitrogens with zero attached hydrogens (tertiary/aromatic N) is 6. The first-order valence-electron chi connectivity index (χ1n) is 11.8. The molecule has 198 valence electrons. The molecule has 2 saturated heterocycles. The molecule has 37 heavy (non-hydrogen) atoms. The van der Waals surface area contributed by atoms with Gasteiger partial charge in [-0.1, -0.05) is 11.6 Å². The fourth-order valence-corrected chi connectivity index (χ4v) is 5.53. The van der Waals surface area contributed by atoms with Crippen molar-refractivity contribution >= 4 is 40.5 Å². The van der Waals surface area contributed by atoms with E-state index in [4.69, 9.17) is 26.3 Å². The van der Waals surface area contributed by atoms with Crippen molar-refractivity contribution in [2.24, 2.45) is 0 Å². The van der Waals surface area contributed by atoms with Crippen molar-refractivity contribution in [1.29, 1.82) is 0 Å². The summed E-state index contributed by atoms with van der Waals surface area (Å²) in [4.78, 5) is 18.7. The summed E-state index contributed by atoms with van der Waals surface area (Å²) in [5.41, 5.74) is 2.45. The van der Waals surface area contributed by atoms with Crippen molar-refractivity contribution in [2.45, 2.75) is 32.1 Å². The van der Waals surface area contributed by atoms with Crippen LogP contribution in [0.5, 0.6) is 0 Å². The van der Waals surface area contributed by atoms with Crippen LogP contribution in [0.15, 0.2) is 29.8 Å². The third-order valence-electron chi connectivity index (χ3n) is 6.57. The number of alkyl halides is 3. The van der Waals surface area contributed by atoms with Gasteiger partial charge in [0.25, 0.3) is 0 Å². The van der Waals surface area contributed by atoms with Crippen LogP contribution < -0.4 is 14.7 Å². The van der Waals surface area contributed by atoms with E-state index in [0.29, 0.717) is 73.8 Å². The Bertz CT molecular complexity index is 1270. The number of morpholine rings is 1. The fraction of sp³-hybridized carbons (Fsp3) is 0.458. The second-order valence-corrected chi connectivity index (χ2v) is 10.4. The molecule has 0 saturated carbocycles. The second kappa shape index (κ2) is 10.2. The Labute approximate surface area is 220 Å². The molecule has 5 rings (SSSR count). The van der Waals surface area contributed by atoms with Gasteiger partial charge in [0.2, 0.25) is 5.95 Å². The Balaban J connectivity index is 1.48. The zero-order valence-electron chi connectivity index (χ0n) is 20.2. The highest BCUT2D eigenvalue weighted by molar-refractivity contribution is 7.10. The minimum Gasteiger partial charge on any atom is -0.377 e. The van der Waals surface area contributed by atoms with E-state index >= 15 is 0 Å². The minimum atomic E-state index is -4.45. The highest BCUT2D eigenvalue weighted by Gasteiger charge is 2.39. The lowest BCUT2D eigenvalue weighted by Crippen LogP contribution is -2.53. The summed E-state index contributed by atoms with van der Waals surface area (Å²) in [6.45, 7) is 6.79. The number of piperazine rings is 1. The number of halogens is 5. The van der Waals surface area contributed by atoms with Gasteiger partial charge in [0.05, 0.1) is 35.5 Å². The number of rotatable bonds is 4. The highest BCUT2D eigenvalue weighted by Crippen LogP contribution is 2.40. The first kappa shape index (κ1) is 25.9. The fourth-order valence-electron chi connectivity index (χ4n) is 4.67. The number of aromatic nitrogens is 3. The quantitative estimate of drug-likeness (QED) is 0.401. The Morgan fingerprint density at radius 3 is 2.57 bits per heavy atom. The molecule has 13 heteroatoms. The molecule has 2 unspecified atom stereocenters. The molecule has 2 aromatic heterocycles. The monoisotopic (exact) mass is 556 g/mol. The SMILES string of the molecule is CC1CN(c2ncsc2C(F)(F)F)CCN1c1cc(-c2ccc(F)c(Cl)c2)nc(N2CCOCC2C)n1. The van der Waals surface area contributed by atoms with E-state index in [1.165, 1.54) is 17.6 Å². The van der Waals surface area contributed by atoms with E-state index in [-0.39, 0.29) is 22.9 Å². The molecular formula is C24H25ClF4N6OS. The van der Waals surface area contributed by atoms with Gasteiger partial charge in [-0.15, -0.1) is 11.3 Å². The molecule has 0 amide bonds. The van der Waals surface area contributed by atoms with Gasteiger partial charge in [-0.05, 0) is 32.0 Å². The smallest absolute Gasteiger partial charge is 0.377 e. The number of hydrogen-bond donors (Lipinski definition) is 0. The standard InChI is InChI=1S/C24H25ClF4N6OS/c1-14-11-33(22-21(24(27,28)29)37-13-30-22)5-6-34(14)20-10-19(16-3-4-18(26)17(25)9-16)31-23(32-20)35-7-8-36-12-15(35)2/h3-4,9-10,13-15H,5-8,11-12H2,1-2H3. The Morgan fingerprint density at radius 2 is 1.86 bits per heavy atom. The molecule has 1 aromatic carbocycles. The van der Waals surface area contributed by atoms with Crippen LogP contribution in [0.2, 0.25) is 5.02 Å². The normalized spacial score (nSPS) is 21.0. The van der Waals surface area contributed by atoms with E-state index < -0.39 is 16.9 Å². The third kappa shape index (κ3) is 5.32. The predicted molar refractivity (Wildman–Crippen MR) is 136 cm³/mol. The van der Waals surface area contributed by atoms with E-state index in [2.05, 4.69) is 14.8 Å². The van der Waals surface area contributed by atoms with Crippen LogP contribution in [0.25, 0.3) is 11.3 Å². The van der Waals surface area contributed by atoms with Crippen molar-refractivity contribution in [2.75, 3.05) is 54.1 Å². The van der Waals surface area contributed by atoms with Crippen LogP contribution in [0.3, 0.4) is 0 Å². The summed E-state index contributed by atoms with van der Waals surface area (Å²) in [5.74, 6) is 0.598. The molecule has 0 spiro atoms. The number of anilines is 3. The number of benzene rings is 1. The van der Waals surface area contributed by atoms with Crippen LogP contribution in [0.1, 0.15) is 18.7 Å².